The molecule has 2 amide bonds. The van der Waals surface area contributed by atoms with Crippen LogP contribution in [0.4, 0.5) is 14.5 Å². The summed E-state index contributed by atoms with van der Waals surface area (Å²) in [6, 6.07) is 15.9. The zero-order valence-electron chi connectivity index (χ0n) is 20.7. The van der Waals surface area contributed by atoms with E-state index in [1.54, 1.807) is 23.6 Å². The molecule has 0 spiro atoms. The number of hydrogen-bond acceptors (Lipinski definition) is 6. The van der Waals surface area contributed by atoms with E-state index in [-0.39, 0.29) is 17.8 Å². The molecule has 3 aromatic rings. The number of benzene rings is 2. The number of aromatic nitrogens is 1. The molecule has 1 N–H and O–H groups in total. The summed E-state index contributed by atoms with van der Waals surface area (Å²) in [5.74, 6) is -4.35. The van der Waals surface area contributed by atoms with E-state index >= 15 is 8.78 Å². The van der Waals surface area contributed by atoms with Crippen molar-refractivity contribution >= 4 is 34.4 Å². The van der Waals surface area contributed by atoms with Crippen LogP contribution in [0.5, 0.6) is 0 Å². The van der Waals surface area contributed by atoms with Crippen molar-refractivity contribution in [3.8, 4) is 10.6 Å². The van der Waals surface area contributed by atoms with Crippen molar-refractivity contribution in [1.29, 1.82) is 0 Å². The number of carbonyl (C=O) groups is 2. The van der Waals surface area contributed by atoms with Crippen LogP contribution in [-0.2, 0) is 9.53 Å². The van der Waals surface area contributed by atoms with Gasteiger partial charge in [-0.3, -0.25) is 14.5 Å². The number of morpholine rings is 1. The first-order chi connectivity index (χ1) is 18.4. The van der Waals surface area contributed by atoms with Gasteiger partial charge in [-0.2, -0.15) is 0 Å². The molecule has 198 valence electrons. The SMILES string of the molecule is O=C(C=C1c2ccccc2N(C(=O)c2csc(-c3ccccc3)n2)CCC1(F)F)NCCN1CCOCC1. The van der Waals surface area contributed by atoms with Crippen LogP contribution in [0.25, 0.3) is 16.1 Å². The molecule has 1 fully saturated rings. The summed E-state index contributed by atoms with van der Waals surface area (Å²) in [4.78, 5) is 34.2. The second kappa shape index (κ2) is 11.5. The number of halogens is 2. The molecule has 0 atom stereocenters. The second-order valence-electron chi connectivity index (χ2n) is 9.14. The van der Waals surface area contributed by atoms with Crippen molar-refractivity contribution < 1.29 is 23.1 Å². The van der Waals surface area contributed by atoms with Gasteiger partial charge in [0.2, 0.25) is 5.91 Å². The minimum atomic E-state index is -3.30. The number of hydrogen-bond donors (Lipinski definition) is 1. The van der Waals surface area contributed by atoms with Gasteiger partial charge in [0.15, 0.2) is 0 Å². The van der Waals surface area contributed by atoms with E-state index in [9.17, 15) is 9.59 Å². The highest BCUT2D eigenvalue weighted by molar-refractivity contribution is 7.13. The van der Waals surface area contributed by atoms with E-state index in [1.807, 2.05) is 30.3 Å². The lowest BCUT2D eigenvalue weighted by Crippen LogP contribution is -2.41. The fraction of sp³-hybridized carbons (Fsp3) is 0.321. The summed E-state index contributed by atoms with van der Waals surface area (Å²) in [6.45, 7) is 3.59. The number of para-hydroxylation sites is 1. The maximum absolute atomic E-state index is 15.4. The third-order valence-electron chi connectivity index (χ3n) is 6.62. The van der Waals surface area contributed by atoms with Crippen LogP contribution in [0.15, 0.2) is 66.1 Å². The van der Waals surface area contributed by atoms with Gasteiger partial charge in [0.05, 0.1) is 18.9 Å². The summed E-state index contributed by atoms with van der Waals surface area (Å²) in [5.41, 5.74) is 1.17. The normalized spacial score (nSPS) is 18.6. The lowest BCUT2D eigenvalue weighted by atomic mass is 9.97. The molecule has 2 aliphatic heterocycles. The highest BCUT2D eigenvalue weighted by Gasteiger charge is 2.41. The number of fused-ring (bicyclic) bond motifs is 1. The molecule has 0 saturated carbocycles. The van der Waals surface area contributed by atoms with Crippen LogP contribution in [0.1, 0.15) is 22.5 Å². The fourth-order valence-electron chi connectivity index (χ4n) is 4.60. The number of alkyl halides is 2. The first kappa shape index (κ1) is 26.1. The summed E-state index contributed by atoms with van der Waals surface area (Å²) >= 11 is 1.33. The number of allylic oxidation sites excluding steroid dienone is 1. The van der Waals surface area contributed by atoms with Crippen molar-refractivity contribution in [3.63, 3.8) is 0 Å². The molecule has 0 aliphatic carbocycles. The lowest BCUT2D eigenvalue weighted by molar-refractivity contribution is -0.116. The molecule has 3 heterocycles. The molecule has 10 heteroatoms. The molecule has 38 heavy (non-hydrogen) atoms. The van der Waals surface area contributed by atoms with E-state index in [0.717, 1.165) is 24.7 Å². The molecule has 0 bridgehead atoms. The summed E-state index contributed by atoms with van der Waals surface area (Å²) < 4.78 is 36.2. The van der Waals surface area contributed by atoms with Gasteiger partial charge in [0.25, 0.3) is 11.8 Å². The Morgan fingerprint density at radius 3 is 2.58 bits per heavy atom. The van der Waals surface area contributed by atoms with Gasteiger partial charge in [-0.1, -0.05) is 48.5 Å². The molecule has 2 aromatic carbocycles. The molecule has 2 aliphatic rings. The number of amides is 2. The fourth-order valence-corrected chi connectivity index (χ4v) is 5.40. The number of ether oxygens (including phenoxy) is 1. The van der Waals surface area contributed by atoms with E-state index in [0.29, 0.717) is 37.0 Å². The van der Waals surface area contributed by atoms with Crippen LogP contribution < -0.4 is 10.2 Å². The van der Waals surface area contributed by atoms with Crippen LogP contribution >= 0.6 is 11.3 Å². The van der Waals surface area contributed by atoms with Gasteiger partial charge in [0.1, 0.15) is 10.7 Å². The monoisotopic (exact) mass is 538 g/mol. The third kappa shape index (κ3) is 5.82. The Balaban J connectivity index is 1.37. The van der Waals surface area contributed by atoms with Gasteiger partial charge in [0, 0.05) is 67.3 Å². The molecule has 1 saturated heterocycles. The Bertz CT molecular complexity index is 1320. The van der Waals surface area contributed by atoms with E-state index in [1.165, 1.54) is 22.3 Å². The molecule has 0 unspecified atom stereocenters. The molecule has 5 rings (SSSR count). The quantitative estimate of drug-likeness (QED) is 0.473. The number of carbonyl (C=O) groups excluding carboxylic acids is 2. The van der Waals surface area contributed by atoms with Gasteiger partial charge in [-0.15, -0.1) is 11.3 Å². The van der Waals surface area contributed by atoms with Crippen molar-refractivity contribution in [2.24, 2.45) is 0 Å². The maximum atomic E-state index is 15.4. The van der Waals surface area contributed by atoms with Gasteiger partial charge < -0.3 is 15.0 Å². The van der Waals surface area contributed by atoms with Crippen LogP contribution in [0.2, 0.25) is 0 Å². The Morgan fingerprint density at radius 1 is 1.05 bits per heavy atom. The van der Waals surface area contributed by atoms with Crippen LogP contribution in [-0.4, -0.2) is 73.6 Å². The number of nitrogens with zero attached hydrogens (tertiary/aromatic N) is 3. The van der Waals surface area contributed by atoms with Crippen molar-refractivity contribution in [2.75, 3.05) is 50.8 Å². The topological polar surface area (TPSA) is 74.8 Å². The van der Waals surface area contributed by atoms with Crippen molar-refractivity contribution in [2.45, 2.75) is 12.3 Å². The molecule has 0 radical (unpaired) electrons. The van der Waals surface area contributed by atoms with E-state index < -0.39 is 29.7 Å². The lowest BCUT2D eigenvalue weighted by Gasteiger charge is -2.26. The highest BCUT2D eigenvalue weighted by Crippen LogP contribution is 2.43. The largest absolute Gasteiger partial charge is 0.379 e. The predicted octanol–water partition coefficient (Wildman–Crippen LogP) is 4.33. The molecule has 1 aromatic heterocycles. The molecular formula is C28H28F2N4O3S. The summed E-state index contributed by atoms with van der Waals surface area (Å²) in [6.07, 6.45) is 0.360. The zero-order chi connectivity index (χ0) is 26.5. The Hall–Kier alpha value is -3.47. The predicted molar refractivity (Wildman–Crippen MR) is 143 cm³/mol. The Morgan fingerprint density at radius 2 is 1.79 bits per heavy atom. The van der Waals surface area contributed by atoms with Gasteiger partial charge in [-0.05, 0) is 6.07 Å². The number of thiazole rings is 1. The average molecular weight is 539 g/mol. The number of anilines is 1. The zero-order valence-corrected chi connectivity index (χ0v) is 21.6. The minimum absolute atomic E-state index is 0.158. The molecular weight excluding hydrogens is 510 g/mol. The summed E-state index contributed by atoms with van der Waals surface area (Å²) in [7, 11) is 0. The smallest absolute Gasteiger partial charge is 0.277 e. The second-order valence-corrected chi connectivity index (χ2v) is 9.99. The first-order valence-corrected chi connectivity index (χ1v) is 13.4. The summed E-state index contributed by atoms with van der Waals surface area (Å²) in [5, 5.41) is 5.05. The van der Waals surface area contributed by atoms with Crippen LogP contribution in [0, 0.1) is 0 Å². The highest BCUT2D eigenvalue weighted by atomic mass is 32.1. The van der Waals surface area contributed by atoms with Gasteiger partial charge >= 0.3 is 0 Å². The molecule has 7 nitrogen and oxygen atoms in total. The number of rotatable bonds is 6. The minimum Gasteiger partial charge on any atom is -0.379 e. The third-order valence-corrected chi connectivity index (χ3v) is 7.52. The number of nitrogens with one attached hydrogen (secondary N) is 1. The Labute approximate surface area is 223 Å². The van der Waals surface area contributed by atoms with E-state index in [4.69, 9.17) is 4.74 Å². The van der Waals surface area contributed by atoms with E-state index in [2.05, 4.69) is 15.2 Å². The maximum Gasteiger partial charge on any atom is 0.277 e. The first-order valence-electron chi connectivity index (χ1n) is 12.5. The Kier molecular flexibility index (Phi) is 7.92. The van der Waals surface area contributed by atoms with Crippen molar-refractivity contribution in [1.82, 2.24) is 15.2 Å². The van der Waals surface area contributed by atoms with Crippen molar-refractivity contribution in [3.05, 3.63) is 77.3 Å². The average Bonchev–Trinajstić information content (AvgIpc) is 3.40. The van der Waals surface area contributed by atoms with Crippen LogP contribution in [0.3, 0.4) is 0 Å². The van der Waals surface area contributed by atoms with Gasteiger partial charge in [-0.25, -0.2) is 13.8 Å². The standard InChI is InChI=1S/C28H28F2N4O3S/c29-28(30)10-12-34(27(36)23-19-38-26(32-23)20-6-2-1-3-7-20)24-9-5-4-8-21(24)22(28)18-25(35)31-11-13-33-14-16-37-17-15-33/h1-9,18-19H,10-17H2,(H,31,35).